The molecule has 3 rings (SSSR count). The second kappa shape index (κ2) is 4.69. The average Bonchev–Trinajstić information content (AvgIpc) is 3.01. The van der Waals surface area contributed by atoms with Crippen LogP contribution in [0.3, 0.4) is 0 Å². The van der Waals surface area contributed by atoms with Crippen LogP contribution in [0.4, 0.5) is 0 Å². The fourth-order valence-electron chi connectivity index (χ4n) is 2.18. The van der Waals surface area contributed by atoms with E-state index in [0.717, 1.165) is 19.6 Å². The molecule has 1 fully saturated rings. The van der Waals surface area contributed by atoms with Gasteiger partial charge < -0.3 is 4.57 Å². The van der Waals surface area contributed by atoms with Crippen molar-refractivity contribution < 1.29 is 0 Å². The molecular formula is C13H16N4. The number of hydrazine groups is 1. The minimum absolute atomic E-state index is 0.595. The lowest BCUT2D eigenvalue weighted by Crippen LogP contribution is -2.21. The van der Waals surface area contributed by atoms with E-state index in [-0.39, 0.29) is 0 Å². The van der Waals surface area contributed by atoms with E-state index in [2.05, 4.69) is 44.7 Å². The second-order valence-corrected chi connectivity index (χ2v) is 4.44. The first kappa shape index (κ1) is 10.5. The van der Waals surface area contributed by atoms with E-state index in [1.807, 2.05) is 18.7 Å². The first-order valence-corrected chi connectivity index (χ1v) is 5.92. The molecule has 4 nitrogen and oxygen atoms in total. The van der Waals surface area contributed by atoms with Gasteiger partial charge in [0.1, 0.15) is 0 Å². The van der Waals surface area contributed by atoms with Gasteiger partial charge in [0.2, 0.25) is 0 Å². The summed E-state index contributed by atoms with van der Waals surface area (Å²) in [6.07, 6.45) is 5.64. The molecular weight excluding hydrogens is 212 g/mol. The van der Waals surface area contributed by atoms with Crippen LogP contribution in [0.1, 0.15) is 17.0 Å². The third kappa shape index (κ3) is 2.38. The smallest absolute Gasteiger partial charge is 0.0949 e. The zero-order valence-corrected chi connectivity index (χ0v) is 9.63. The Labute approximate surface area is 101 Å². The Morgan fingerprint density at radius 3 is 2.59 bits per heavy atom. The highest BCUT2D eigenvalue weighted by atomic mass is 15.4. The molecule has 0 aliphatic carbocycles. The summed E-state index contributed by atoms with van der Waals surface area (Å²) >= 11 is 0. The largest absolute Gasteiger partial charge is 0.333 e. The standard InChI is InChI=1S/C13H16N4/c1-3-12(13-7-15-16-8-13)4-2-11(1)9-17-6-5-14-10-17/h1-6,10,13,15-16H,7-9H2. The van der Waals surface area contributed by atoms with E-state index in [1.54, 1.807) is 0 Å². The normalized spacial score (nSPS) is 16.5. The molecule has 1 aromatic carbocycles. The van der Waals surface area contributed by atoms with E-state index in [0.29, 0.717) is 5.92 Å². The average molecular weight is 228 g/mol. The lowest BCUT2D eigenvalue weighted by atomic mass is 9.99. The number of nitrogens with one attached hydrogen (secondary N) is 2. The number of hydrogen-bond donors (Lipinski definition) is 2. The van der Waals surface area contributed by atoms with Crippen LogP contribution in [0.15, 0.2) is 43.0 Å². The predicted molar refractivity (Wildman–Crippen MR) is 66.5 cm³/mol. The fourth-order valence-corrected chi connectivity index (χ4v) is 2.18. The summed E-state index contributed by atoms with van der Waals surface area (Å²) in [6, 6.07) is 8.86. The molecule has 4 heteroatoms. The van der Waals surface area contributed by atoms with Crippen LogP contribution in [0.25, 0.3) is 0 Å². The Bertz CT molecular complexity index is 455. The van der Waals surface area contributed by atoms with E-state index < -0.39 is 0 Å². The molecule has 88 valence electrons. The number of aromatic nitrogens is 2. The van der Waals surface area contributed by atoms with Crippen molar-refractivity contribution in [1.82, 2.24) is 20.4 Å². The molecule has 2 aromatic rings. The van der Waals surface area contributed by atoms with E-state index in [1.165, 1.54) is 11.1 Å². The second-order valence-electron chi connectivity index (χ2n) is 4.44. The lowest BCUT2D eigenvalue weighted by Gasteiger charge is -2.09. The van der Waals surface area contributed by atoms with Crippen LogP contribution < -0.4 is 10.9 Å². The maximum Gasteiger partial charge on any atom is 0.0949 e. The van der Waals surface area contributed by atoms with Gasteiger partial charge in [-0.25, -0.2) is 4.98 Å². The van der Waals surface area contributed by atoms with Crippen LogP contribution in [0, 0.1) is 0 Å². The van der Waals surface area contributed by atoms with Crippen LogP contribution in [-0.2, 0) is 6.54 Å². The van der Waals surface area contributed by atoms with Crippen molar-refractivity contribution in [3.63, 3.8) is 0 Å². The number of nitrogens with zero attached hydrogens (tertiary/aromatic N) is 2. The van der Waals surface area contributed by atoms with E-state index in [4.69, 9.17) is 0 Å². The van der Waals surface area contributed by atoms with Crippen molar-refractivity contribution in [2.45, 2.75) is 12.5 Å². The van der Waals surface area contributed by atoms with Gasteiger partial charge >= 0.3 is 0 Å². The summed E-state index contributed by atoms with van der Waals surface area (Å²) in [5.74, 6) is 0.595. The van der Waals surface area contributed by atoms with Gasteiger partial charge in [0.25, 0.3) is 0 Å². The van der Waals surface area contributed by atoms with Gasteiger partial charge in [-0.15, -0.1) is 0 Å². The topological polar surface area (TPSA) is 41.9 Å². The molecule has 2 heterocycles. The fraction of sp³-hybridized carbons (Fsp3) is 0.308. The molecule has 0 bridgehead atoms. The molecule has 0 unspecified atom stereocenters. The highest BCUT2D eigenvalue weighted by Gasteiger charge is 2.15. The monoisotopic (exact) mass is 228 g/mol. The molecule has 0 amide bonds. The van der Waals surface area contributed by atoms with Crippen molar-refractivity contribution in [3.05, 3.63) is 54.1 Å². The highest BCUT2D eigenvalue weighted by Crippen LogP contribution is 2.17. The summed E-state index contributed by atoms with van der Waals surface area (Å²) in [5, 5.41) is 0. The molecule has 0 saturated carbocycles. The van der Waals surface area contributed by atoms with Crippen LogP contribution in [0.2, 0.25) is 0 Å². The van der Waals surface area contributed by atoms with Gasteiger partial charge in [0.05, 0.1) is 6.33 Å². The Balaban J connectivity index is 1.71. The Hall–Kier alpha value is -1.65. The first-order chi connectivity index (χ1) is 8.42. The minimum atomic E-state index is 0.595. The summed E-state index contributed by atoms with van der Waals surface area (Å²) < 4.78 is 2.08. The molecule has 0 atom stereocenters. The molecule has 2 N–H and O–H groups in total. The van der Waals surface area contributed by atoms with Gasteiger partial charge in [0, 0.05) is 37.9 Å². The van der Waals surface area contributed by atoms with Crippen molar-refractivity contribution in [2.75, 3.05) is 13.1 Å². The molecule has 0 spiro atoms. The molecule has 17 heavy (non-hydrogen) atoms. The van der Waals surface area contributed by atoms with Gasteiger partial charge in [-0.2, -0.15) is 0 Å². The van der Waals surface area contributed by atoms with Crippen molar-refractivity contribution in [1.29, 1.82) is 0 Å². The summed E-state index contributed by atoms with van der Waals surface area (Å²) in [4.78, 5) is 4.05. The zero-order valence-electron chi connectivity index (χ0n) is 9.63. The van der Waals surface area contributed by atoms with E-state index in [9.17, 15) is 0 Å². The molecule has 0 radical (unpaired) electrons. The molecule has 1 aromatic heterocycles. The molecule has 1 saturated heterocycles. The van der Waals surface area contributed by atoms with Gasteiger partial charge in [-0.05, 0) is 11.1 Å². The molecule has 1 aliphatic rings. The van der Waals surface area contributed by atoms with Crippen LogP contribution in [0.5, 0.6) is 0 Å². The van der Waals surface area contributed by atoms with Gasteiger partial charge in [-0.3, -0.25) is 10.9 Å². The van der Waals surface area contributed by atoms with Crippen LogP contribution in [-0.4, -0.2) is 22.6 Å². The van der Waals surface area contributed by atoms with E-state index >= 15 is 0 Å². The van der Waals surface area contributed by atoms with Crippen molar-refractivity contribution in [3.8, 4) is 0 Å². The van der Waals surface area contributed by atoms with Crippen LogP contribution >= 0.6 is 0 Å². The number of hydrogen-bond acceptors (Lipinski definition) is 3. The number of benzene rings is 1. The quantitative estimate of drug-likeness (QED) is 0.827. The van der Waals surface area contributed by atoms with Gasteiger partial charge in [-0.1, -0.05) is 24.3 Å². The molecule has 1 aliphatic heterocycles. The minimum Gasteiger partial charge on any atom is -0.333 e. The maximum absolute atomic E-state index is 4.05. The SMILES string of the molecule is c1cn(Cc2ccc(C3CNNC3)cc2)cn1. The van der Waals surface area contributed by atoms with Gasteiger partial charge in [0.15, 0.2) is 0 Å². The number of rotatable bonds is 3. The zero-order chi connectivity index (χ0) is 11.5. The number of imidazole rings is 1. The highest BCUT2D eigenvalue weighted by molar-refractivity contribution is 5.26. The summed E-state index contributed by atoms with van der Waals surface area (Å²) in [7, 11) is 0. The maximum atomic E-state index is 4.05. The summed E-state index contributed by atoms with van der Waals surface area (Å²) in [5.41, 5.74) is 9.03. The lowest BCUT2D eigenvalue weighted by molar-refractivity contribution is 0.689. The third-order valence-electron chi connectivity index (χ3n) is 3.20. The summed E-state index contributed by atoms with van der Waals surface area (Å²) in [6.45, 7) is 2.92. The Morgan fingerprint density at radius 1 is 1.18 bits per heavy atom. The van der Waals surface area contributed by atoms with Crippen molar-refractivity contribution >= 4 is 0 Å². The van der Waals surface area contributed by atoms with Crippen molar-refractivity contribution in [2.24, 2.45) is 0 Å². The Kier molecular flexibility index (Phi) is 2.90. The third-order valence-corrected chi connectivity index (χ3v) is 3.20. The first-order valence-electron chi connectivity index (χ1n) is 5.92. The predicted octanol–water partition coefficient (Wildman–Crippen LogP) is 1.12. The Morgan fingerprint density at radius 2 is 1.94 bits per heavy atom.